The Morgan fingerprint density at radius 2 is 1.71 bits per heavy atom. The van der Waals surface area contributed by atoms with Crippen molar-refractivity contribution in [3.05, 3.63) is 77.9 Å². The van der Waals surface area contributed by atoms with Gasteiger partial charge in [0.05, 0.1) is 6.10 Å². The summed E-state index contributed by atoms with van der Waals surface area (Å²) in [5.41, 5.74) is 2.52. The summed E-state index contributed by atoms with van der Waals surface area (Å²) in [6.45, 7) is 4.89. The van der Waals surface area contributed by atoms with Gasteiger partial charge in [-0.3, -0.25) is 0 Å². The molecule has 3 heteroatoms. The smallest absolute Gasteiger partial charge is 0.120 e. The second-order valence-corrected chi connectivity index (χ2v) is 6.91. The third-order valence-electron chi connectivity index (χ3n) is 3.95. The Morgan fingerprint density at radius 3 is 2.54 bits per heavy atom. The molecule has 2 nitrogen and oxygen atoms in total. The molecule has 0 fully saturated rings. The van der Waals surface area contributed by atoms with Crippen molar-refractivity contribution >= 4 is 20.0 Å². The van der Waals surface area contributed by atoms with E-state index >= 15 is 0 Å². The SMILES string of the molecule is CC(C)Oc1cccc(CNC(P)c2cccc3ccccc23)c1. The molecule has 0 heterocycles. The molecule has 0 saturated carbocycles. The highest BCUT2D eigenvalue weighted by molar-refractivity contribution is 7.17. The lowest BCUT2D eigenvalue weighted by atomic mass is 10.0. The van der Waals surface area contributed by atoms with Gasteiger partial charge in [-0.05, 0) is 47.9 Å². The van der Waals surface area contributed by atoms with Gasteiger partial charge in [0, 0.05) is 12.3 Å². The van der Waals surface area contributed by atoms with Crippen LogP contribution in [0.2, 0.25) is 0 Å². The summed E-state index contributed by atoms with van der Waals surface area (Å²) in [5, 5.41) is 6.17. The van der Waals surface area contributed by atoms with Crippen molar-refractivity contribution in [1.29, 1.82) is 0 Å². The molecule has 2 atom stereocenters. The van der Waals surface area contributed by atoms with E-state index in [1.54, 1.807) is 0 Å². The van der Waals surface area contributed by atoms with Gasteiger partial charge in [0.25, 0.3) is 0 Å². The topological polar surface area (TPSA) is 21.3 Å². The van der Waals surface area contributed by atoms with Crippen LogP contribution >= 0.6 is 9.24 Å². The molecular weight excluding hydrogens is 313 g/mol. The highest BCUT2D eigenvalue weighted by atomic mass is 31.0. The molecule has 0 spiro atoms. The molecule has 3 aromatic rings. The lowest BCUT2D eigenvalue weighted by Gasteiger charge is -2.17. The zero-order chi connectivity index (χ0) is 16.9. The van der Waals surface area contributed by atoms with Crippen LogP contribution in [0.4, 0.5) is 0 Å². The number of benzene rings is 3. The van der Waals surface area contributed by atoms with Gasteiger partial charge in [-0.2, -0.15) is 0 Å². The summed E-state index contributed by atoms with van der Waals surface area (Å²) in [6, 6.07) is 23.3. The zero-order valence-electron chi connectivity index (χ0n) is 14.2. The van der Waals surface area contributed by atoms with Gasteiger partial charge >= 0.3 is 0 Å². The molecule has 1 N–H and O–H groups in total. The van der Waals surface area contributed by atoms with Crippen LogP contribution in [0.5, 0.6) is 5.75 Å². The first kappa shape index (κ1) is 17.0. The first-order valence-electron chi connectivity index (χ1n) is 8.36. The lowest BCUT2D eigenvalue weighted by molar-refractivity contribution is 0.242. The van der Waals surface area contributed by atoms with Crippen molar-refractivity contribution < 1.29 is 4.74 Å². The van der Waals surface area contributed by atoms with E-state index in [1.807, 2.05) is 26.0 Å². The average Bonchev–Trinajstić information content (AvgIpc) is 2.59. The van der Waals surface area contributed by atoms with Crippen LogP contribution in [-0.4, -0.2) is 6.10 Å². The Morgan fingerprint density at radius 1 is 0.958 bits per heavy atom. The van der Waals surface area contributed by atoms with Crippen LogP contribution in [0, 0.1) is 0 Å². The molecule has 0 aliphatic rings. The Balaban J connectivity index is 1.72. The predicted octanol–water partition coefficient (Wildman–Crippen LogP) is 5.29. The minimum atomic E-state index is 0.193. The Hall–Kier alpha value is -1.89. The molecule has 2 unspecified atom stereocenters. The molecule has 3 rings (SSSR count). The number of fused-ring (bicyclic) bond motifs is 1. The van der Waals surface area contributed by atoms with Gasteiger partial charge in [0.15, 0.2) is 0 Å². The fourth-order valence-electron chi connectivity index (χ4n) is 2.86. The highest BCUT2D eigenvalue weighted by Crippen LogP contribution is 2.28. The van der Waals surface area contributed by atoms with E-state index in [2.05, 4.69) is 69.2 Å². The van der Waals surface area contributed by atoms with Crippen LogP contribution in [0.1, 0.15) is 30.8 Å². The van der Waals surface area contributed by atoms with E-state index in [9.17, 15) is 0 Å². The third kappa shape index (κ3) is 4.14. The number of rotatable bonds is 6. The molecule has 24 heavy (non-hydrogen) atoms. The number of hydrogen-bond acceptors (Lipinski definition) is 2. The maximum atomic E-state index is 5.77. The van der Waals surface area contributed by atoms with Crippen LogP contribution in [0.25, 0.3) is 10.8 Å². The van der Waals surface area contributed by atoms with Gasteiger partial charge in [0.1, 0.15) is 5.75 Å². The second-order valence-electron chi connectivity index (χ2n) is 6.24. The van der Waals surface area contributed by atoms with E-state index in [0.29, 0.717) is 0 Å². The van der Waals surface area contributed by atoms with E-state index in [0.717, 1.165) is 12.3 Å². The zero-order valence-corrected chi connectivity index (χ0v) is 15.4. The maximum absolute atomic E-state index is 5.77. The van der Waals surface area contributed by atoms with Crippen LogP contribution in [-0.2, 0) is 6.54 Å². The van der Waals surface area contributed by atoms with Gasteiger partial charge in [-0.15, -0.1) is 9.24 Å². The summed E-state index contributed by atoms with van der Waals surface area (Å²) in [7, 11) is 2.91. The largest absolute Gasteiger partial charge is 0.491 e. The Kier molecular flexibility index (Phi) is 5.50. The minimum Gasteiger partial charge on any atom is -0.491 e. The fraction of sp³-hybridized carbons (Fsp3) is 0.238. The van der Waals surface area contributed by atoms with E-state index in [1.165, 1.54) is 21.9 Å². The molecule has 3 aromatic carbocycles. The quantitative estimate of drug-likeness (QED) is 0.617. The maximum Gasteiger partial charge on any atom is 0.120 e. The summed E-state index contributed by atoms with van der Waals surface area (Å²) in [5.74, 6) is 1.13. The molecule has 0 aromatic heterocycles. The van der Waals surface area contributed by atoms with Crippen molar-refractivity contribution in [2.75, 3.05) is 0 Å². The molecular formula is C21H24NOP. The van der Waals surface area contributed by atoms with E-state index < -0.39 is 0 Å². The molecule has 0 bridgehead atoms. The molecule has 0 aliphatic carbocycles. The van der Waals surface area contributed by atoms with E-state index in [4.69, 9.17) is 4.74 Å². The van der Waals surface area contributed by atoms with Crippen molar-refractivity contribution in [3.8, 4) is 5.75 Å². The predicted molar refractivity (Wildman–Crippen MR) is 105 cm³/mol. The van der Waals surface area contributed by atoms with Gasteiger partial charge in [-0.1, -0.05) is 54.6 Å². The molecule has 0 amide bonds. The third-order valence-corrected chi connectivity index (χ3v) is 4.55. The summed E-state index contributed by atoms with van der Waals surface area (Å²) < 4.78 is 5.77. The van der Waals surface area contributed by atoms with Gasteiger partial charge in [0.2, 0.25) is 0 Å². The number of hydrogen-bond donors (Lipinski definition) is 1. The standard InChI is InChI=1S/C21H24NOP/c1-15(2)23-18-10-5-7-16(13-18)14-22-21(24)20-12-6-9-17-8-3-4-11-19(17)20/h3-13,15,21-22H,14,24H2,1-2H3. The van der Waals surface area contributed by atoms with Crippen molar-refractivity contribution in [2.24, 2.45) is 0 Å². The van der Waals surface area contributed by atoms with E-state index in [-0.39, 0.29) is 11.9 Å². The van der Waals surface area contributed by atoms with Crippen molar-refractivity contribution in [3.63, 3.8) is 0 Å². The summed E-state index contributed by atoms with van der Waals surface area (Å²) in [4.78, 5) is 0. The lowest BCUT2D eigenvalue weighted by Crippen LogP contribution is -2.16. The Bertz CT molecular complexity index is 810. The first-order chi connectivity index (χ1) is 11.6. The Labute approximate surface area is 146 Å². The number of nitrogens with one attached hydrogen (secondary N) is 1. The number of ether oxygens (including phenoxy) is 1. The van der Waals surface area contributed by atoms with Gasteiger partial charge < -0.3 is 10.1 Å². The first-order valence-corrected chi connectivity index (χ1v) is 9.02. The van der Waals surface area contributed by atoms with Crippen LogP contribution < -0.4 is 10.1 Å². The summed E-state index contributed by atoms with van der Waals surface area (Å²) in [6.07, 6.45) is 0.193. The average molecular weight is 337 g/mol. The van der Waals surface area contributed by atoms with Crippen molar-refractivity contribution in [2.45, 2.75) is 32.3 Å². The molecule has 0 aliphatic heterocycles. The molecule has 0 radical (unpaired) electrons. The second kappa shape index (κ2) is 7.79. The normalized spacial score (nSPS) is 12.5. The fourth-order valence-corrected chi connectivity index (χ4v) is 3.27. The molecule has 0 saturated heterocycles. The minimum absolute atomic E-state index is 0.193. The van der Waals surface area contributed by atoms with Gasteiger partial charge in [-0.25, -0.2) is 0 Å². The molecule has 124 valence electrons. The summed E-state index contributed by atoms with van der Waals surface area (Å²) >= 11 is 0. The highest BCUT2D eigenvalue weighted by Gasteiger charge is 2.09. The monoisotopic (exact) mass is 337 g/mol. The van der Waals surface area contributed by atoms with Crippen LogP contribution in [0.3, 0.4) is 0 Å². The van der Waals surface area contributed by atoms with Crippen molar-refractivity contribution in [1.82, 2.24) is 5.32 Å². The van der Waals surface area contributed by atoms with Crippen LogP contribution in [0.15, 0.2) is 66.7 Å².